The van der Waals surface area contributed by atoms with Gasteiger partial charge in [-0.25, -0.2) is 0 Å². The summed E-state index contributed by atoms with van der Waals surface area (Å²) in [5, 5.41) is 90.9. The van der Waals surface area contributed by atoms with E-state index in [0.717, 1.165) is 6.07 Å². The number of rotatable bonds is 3. The van der Waals surface area contributed by atoms with E-state index in [2.05, 4.69) is 0 Å². The summed E-state index contributed by atoms with van der Waals surface area (Å²) in [7, 11) is 0. The van der Waals surface area contributed by atoms with E-state index in [-0.39, 0.29) is 29.0 Å². The van der Waals surface area contributed by atoms with Gasteiger partial charge in [0, 0.05) is 18.1 Å². The lowest BCUT2D eigenvalue weighted by atomic mass is 9.87. The normalized spacial score (nSPS) is 32.2. The Kier molecular flexibility index (Phi) is 5.79. The molecule has 4 rings (SSSR count). The minimum Gasteiger partial charge on any atom is -0.507 e. The molecule has 2 aliphatic heterocycles. The molecule has 0 saturated carbocycles. The van der Waals surface area contributed by atoms with Gasteiger partial charge < -0.3 is 55.4 Å². The first-order valence-corrected chi connectivity index (χ1v) is 9.88. The van der Waals surface area contributed by atoms with Crippen molar-refractivity contribution in [2.24, 2.45) is 0 Å². The van der Waals surface area contributed by atoms with E-state index in [0.29, 0.717) is 5.56 Å². The monoisotopic (exact) mass is 452 g/mol. The number of aliphatic hydroxyl groups is 5. The van der Waals surface area contributed by atoms with Gasteiger partial charge in [0.15, 0.2) is 11.5 Å². The molecule has 0 aromatic heterocycles. The van der Waals surface area contributed by atoms with Crippen LogP contribution in [0.4, 0.5) is 0 Å². The number of phenolic OH excluding ortho intramolecular Hbond substituents is 4. The molecular weight excluding hydrogens is 428 g/mol. The third-order valence-electron chi connectivity index (χ3n) is 5.90. The maximum absolute atomic E-state index is 10.8. The van der Waals surface area contributed by atoms with Gasteiger partial charge in [-0.1, -0.05) is 6.07 Å². The second-order valence-electron chi connectivity index (χ2n) is 7.94. The zero-order chi connectivity index (χ0) is 23.3. The van der Waals surface area contributed by atoms with Crippen LogP contribution in [0.2, 0.25) is 0 Å². The quantitative estimate of drug-likeness (QED) is 0.260. The summed E-state index contributed by atoms with van der Waals surface area (Å²) in [6.45, 7) is -0.684. The summed E-state index contributed by atoms with van der Waals surface area (Å²) in [6.07, 6.45) is -10.1. The van der Waals surface area contributed by atoms with Gasteiger partial charge in [-0.05, 0) is 17.7 Å². The molecular formula is C21H24O11. The molecule has 2 aromatic rings. The van der Waals surface area contributed by atoms with Crippen LogP contribution in [0.1, 0.15) is 28.9 Å². The van der Waals surface area contributed by atoms with Crippen LogP contribution in [-0.4, -0.2) is 83.1 Å². The largest absolute Gasteiger partial charge is 0.507 e. The lowest BCUT2D eigenvalue weighted by molar-refractivity contribution is -0.232. The molecule has 11 nitrogen and oxygen atoms in total. The fourth-order valence-electron chi connectivity index (χ4n) is 4.15. The summed E-state index contributed by atoms with van der Waals surface area (Å²) < 4.78 is 11.2. The van der Waals surface area contributed by atoms with E-state index in [9.17, 15) is 46.0 Å². The second-order valence-corrected chi connectivity index (χ2v) is 7.94. The third kappa shape index (κ3) is 3.58. The molecule has 11 heteroatoms. The molecule has 0 aliphatic carbocycles. The van der Waals surface area contributed by atoms with Gasteiger partial charge >= 0.3 is 0 Å². The molecule has 1 fully saturated rings. The highest BCUT2D eigenvalue weighted by atomic mass is 16.5. The molecule has 2 aliphatic rings. The number of ether oxygens (including phenoxy) is 2. The molecule has 7 atom stereocenters. The van der Waals surface area contributed by atoms with Gasteiger partial charge in [0.05, 0.1) is 18.3 Å². The van der Waals surface area contributed by atoms with Gasteiger partial charge in [-0.2, -0.15) is 0 Å². The number of fused-ring (bicyclic) bond motifs is 1. The predicted octanol–water partition coefficient (Wildman–Crippen LogP) is -0.939. The Hall–Kier alpha value is -2.80. The van der Waals surface area contributed by atoms with Crippen molar-refractivity contribution in [2.75, 3.05) is 6.61 Å². The Labute approximate surface area is 181 Å². The molecule has 174 valence electrons. The minimum atomic E-state index is -1.73. The number of phenols is 4. The molecule has 9 N–H and O–H groups in total. The van der Waals surface area contributed by atoms with Crippen molar-refractivity contribution < 1.29 is 55.4 Å². The number of hydrogen-bond donors (Lipinski definition) is 9. The summed E-state index contributed by atoms with van der Waals surface area (Å²) >= 11 is 0. The van der Waals surface area contributed by atoms with Crippen molar-refractivity contribution >= 4 is 0 Å². The molecule has 0 spiro atoms. The molecule has 2 aromatic carbocycles. The lowest BCUT2D eigenvalue weighted by Crippen LogP contribution is -2.55. The van der Waals surface area contributed by atoms with E-state index in [4.69, 9.17) is 9.47 Å². The summed E-state index contributed by atoms with van der Waals surface area (Å²) in [5.41, 5.74) is 0.147. The second kappa shape index (κ2) is 8.28. The van der Waals surface area contributed by atoms with Crippen molar-refractivity contribution in [3.8, 4) is 28.7 Å². The maximum Gasteiger partial charge on any atom is 0.157 e. The van der Waals surface area contributed by atoms with Crippen molar-refractivity contribution in [3.05, 3.63) is 41.0 Å². The summed E-state index contributed by atoms with van der Waals surface area (Å²) in [4.78, 5) is 0. The van der Waals surface area contributed by atoms with E-state index >= 15 is 0 Å². The molecule has 2 heterocycles. The lowest BCUT2D eigenvalue weighted by Gasteiger charge is -2.41. The Morgan fingerprint density at radius 2 is 1.53 bits per heavy atom. The third-order valence-corrected chi connectivity index (χ3v) is 5.90. The molecule has 0 amide bonds. The van der Waals surface area contributed by atoms with E-state index in [1.165, 1.54) is 18.2 Å². The highest BCUT2D eigenvalue weighted by Crippen LogP contribution is 2.49. The van der Waals surface area contributed by atoms with Crippen LogP contribution in [0.25, 0.3) is 0 Å². The number of benzene rings is 2. The topological polar surface area (TPSA) is 201 Å². The zero-order valence-electron chi connectivity index (χ0n) is 16.6. The number of hydrogen-bond acceptors (Lipinski definition) is 11. The SMILES string of the molecule is OC[C@H]1O[C@H](c2c(O)cc3c(c2O)C[C@H](O)[C@@H](c2ccc(O)c(O)c2)O3)[C@H](O)[C@@H](O)[C@H]1O. The van der Waals surface area contributed by atoms with E-state index < -0.39 is 66.6 Å². The summed E-state index contributed by atoms with van der Waals surface area (Å²) in [5.74, 6) is -1.83. The fourth-order valence-corrected chi connectivity index (χ4v) is 4.15. The number of aliphatic hydroxyl groups excluding tert-OH is 5. The molecule has 0 bridgehead atoms. The first kappa shape index (κ1) is 22.4. The van der Waals surface area contributed by atoms with Crippen LogP contribution in [0.5, 0.6) is 28.7 Å². The average molecular weight is 452 g/mol. The zero-order valence-corrected chi connectivity index (χ0v) is 16.6. The first-order valence-electron chi connectivity index (χ1n) is 9.88. The van der Waals surface area contributed by atoms with Crippen molar-refractivity contribution in [1.82, 2.24) is 0 Å². The Morgan fingerprint density at radius 1 is 0.812 bits per heavy atom. The Balaban J connectivity index is 1.70. The maximum atomic E-state index is 10.8. The first-order chi connectivity index (χ1) is 15.1. The molecule has 0 unspecified atom stereocenters. The van der Waals surface area contributed by atoms with Crippen LogP contribution in [0.3, 0.4) is 0 Å². The van der Waals surface area contributed by atoms with Gasteiger partial charge in [0.2, 0.25) is 0 Å². The van der Waals surface area contributed by atoms with E-state index in [1.807, 2.05) is 0 Å². The molecule has 0 radical (unpaired) electrons. The molecule has 1 saturated heterocycles. The Morgan fingerprint density at radius 3 is 2.19 bits per heavy atom. The van der Waals surface area contributed by atoms with Crippen molar-refractivity contribution in [1.29, 1.82) is 0 Å². The van der Waals surface area contributed by atoms with Gasteiger partial charge in [0.1, 0.15) is 53.9 Å². The smallest absolute Gasteiger partial charge is 0.157 e. The standard InChI is InChI=1S/C21H24O11/c22-6-14-17(28)18(29)19(30)21(32-14)15-11(25)5-13-8(16(15)27)4-12(26)20(31-13)7-1-2-9(23)10(24)3-7/h1-3,5,12,14,17-30H,4,6H2/t12-,14+,17-,18-,19+,20+,21+/m0/s1. The van der Waals surface area contributed by atoms with Crippen LogP contribution < -0.4 is 4.74 Å². The van der Waals surface area contributed by atoms with Crippen LogP contribution in [0.15, 0.2) is 24.3 Å². The van der Waals surface area contributed by atoms with Crippen LogP contribution in [-0.2, 0) is 11.2 Å². The van der Waals surface area contributed by atoms with Crippen LogP contribution in [0, 0.1) is 0 Å². The Bertz CT molecular complexity index is 1010. The van der Waals surface area contributed by atoms with Gasteiger partial charge in [0.25, 0.3) is 0 Å². The molecule has 32 heavy (non-hydrogen) atoms. The number of aromatic hydroxyl groups is 4. The van der Waals surface area contributed by atoms with Gasteiger partial charge in [-0.3, -0.25) is 0 Å². The predicted molar refractivity (Wildman–Crippen MR) is 105 cm³/mol. The minimum absolute atomic E-state index is 0.0243. The summed E-state index contributed by atoms with van der Waals surface area (Å²) in [6, 6.07) is 5.03. The average Bonchev–Trinajstić information content (AvgIpc) is 2.76. The van der Waals surface area contributed by atoms with E-state index in [1.54, 1.807) is 0 Å². The van der Waals surface area contributed by atoms with Crippen molar-refractivity contribution in [2.45, 2.75) is 49.1 Å². The van der Waals surface area contributed by atoms with Crippen LogP contribution >= 0.6 is 0 Å². The van der Waals surface area contributed by atoms with Gasteiger partial charge in [-0.15, -0.1) is 0 Å². The fraction of sp³-hybridized carbons (Fsp3) is 0.429. The van der Waals surface area contributed by atoms with Crippen molar-refractivity contribution in [3.63, 3.8) is 0 Å². The highest BCUT2D eigenvalue weighted by Gasteiger charge is 2.46. The highest BCUT2D eigenvalue weighted by molar-refractivity contribution is 5.59.